The van der Waals surface area contributed by atoms with Crippen molar-refractivity contribution in [3.63, 3.8) is 0 Å². The average Bonchev–Trinajstić information content (AvgIpc) is 2.57. The second-order valence-electron chi connectivity index (χ2n) is 5.33. The van der Waals surface area contributed by atoms with Crippen molar-refractivity contribution in [3.8, 4) is 5.75 Å². The minimum absolute atomic E-state index is 0.0900. The Morgan fingerprint density at radius 1 is 1.33 bits per heavy atom. The Hall–Kier alpha value is -1.51. The fourth-order valence-corrected chi connectivity index (χ4v) is 2.44. The Morgan fingerprint density at radius 3 is 2.83 bits per heavy atom. The molecule has 1 amide bonds. The molecule has 1 atom stereocenters. The first-order chi connectivity index (χ1) is 8.58. The van der Waals surface area contributed by atoms with E-state index in [0.29, 0.717) is 11.5 Å². The lowest BCUT2D eigenvalue weighted by molar-refractivity contribution is 0.0760. The van der Waals surface area contributed by atoms with E-state index in [9.17, 15) is 9.90 Å². The van der Waals surface area contributed by atoms with Crippen molar-refractivity contribution in [3.05, 3.63) is 29.3 Å². The largest absolute Gasteiger partial charge is 0.508 e. The van der Waals surface area contributed by atoms with Gasteiger partial charge in [-0.1, -0.05) is 6.92 Å². The van der Waals surface area contributed by atoms with Gasteiger partial charge in [-0.2, -0.15) is 0 Å². The summed E-state index contributed by atoms with van der Waals surface area (Å²) in [4.78, 5) is 14.3. The number of aryl methyl sites for hydroxylation is 1. The van der Waals surface area contributed by atoms with Crippen LogP contribution in [0, 0.1) is 12.8 Å². The number of phenolic OH excluding ortho intramolecular Hbond substituents is 1. The van der Waals surface area contributed by atoms with Gasteiger partial charge in [0, 0.05) is 18.7 Å². The first kappa shape index (κ1) is 12.9. The van der Waals surface area contributed by atoms with Crippen LogP contribution < -0.4 is 0 Å². The second kappa shape index (κ2) is 5.42. The van der Waals surface area contributed by atoms with Crippen LogP contribution in [0.2, 0.25) is 0 Å². The lowest BCUT2D eigenvalue weighted by Gasteiger charge is -2.20. The lowest BCUT2D eigenvalue weighted by atomic mass is 10.0. The Labute approximate surface area is 108 Å². The molecule has 1 aromatic carbocycles. The fourth-order valence-electron chi connectivity index (χ4n) is 2.44. The van der Waals surface area contributed by atoms with Crippen LogP contribution in [0.25, 0.3) is 0 Å². The second-order valence-corrected chi connectivity index (χ2v) is 5.33. The van der Waals surface area contributed by atoms with Crippen molar-refractivity contribution in [1.29, 1.82) is 0 Å². The Kier molecular flexibility index (Phi) is 3.90. The minimum Gasteiger partial charge on any atom is -0.508 e. The molecular weight excluding hydrogens is 226 g/mol. The van der Waals surface area contributed by atoms with E-state index in [0.717, 1.165) is 31.5 Å². The van der Waals surface area contributed by atoms with Gasteiger partial charge >= 0.3 is 0 Å². The van der Waals surface area contributed by atoms with E-state index in [4.69, 9.17) is 0 Å². The third-order valence-corrected chi connectivity index (χ3v) is 3.75. The zero-order valence-corrected chi connectivity index (χ0v) is 11.1. The smallest absolute Gasteiger partial charge is 0.253 e. The van der Waals surface area contributed by atoms with Gasteiger partial charge in [-0.15, -0.1) is 0 Å². The van der Waals surface area contributed by atoms with Gasteiger partial charge in [-0.25, -0.2) is 0 Å². The minimum atomic E-state index is 0.0900. The molecule has 2 rings (SSSR count). The van der Waals surface area contributed by atoms with Crippen molar-refractivity contribution in [2.24, 2.45) is 5.92 Å². The van der Waals surface area contributed by atoms with Gasteiger partial charge in [0.2, 0.25) is 0 Å². The highest BCUT2D eigenvalue weighted by Gasteiger charge is 2.19. The Balaban J connectivity index is 2.12. The van der Waals surface area contributed by atoms with E-state index in [1.165, 1.54) is 6.42 Å². The van der Waals surface area contributed by atoms with E-state index in [-0.39, 0.29) is 11.7 Å². The number of carbonyl (C=O) groups excluding carboxylic acids is 1. The summed E-state index contributed by atoms with van der Waals surface area (Å²) in [6.07, 6.45) is 3.38. The van der Waals surface area contributed by atoms with Crippen LogP contribution in [0.4, 0.5) is 0 Å². The highest BCUT2D eigenvalue weighted by Crippen LogP contribution is 2.21. The number of carbonyl (C=O) groups is 1. The number of likely N-dealkylation sites (tertiary alicyclic amines) is 1. The summed E-state index contributed by atoms with van der Waals surface area (Å²) in [5, 5.41) is 9.49. The van der Waals surface area contributed by atoms with Gasteiger partial charge in [-0.3, -0.25) is 4.79 Å². The molecule has 1 heterocycles. The molecular formula is C15H21NO2. The van der Waals surface area contributed by atoms with Gasteiger partial charge in [-0.05, 0) is 55.9 Å². The van der Waals surface area contributed by atoms with Crippen LogP contribution in [0.1, 0.15) is 42.1 Å². The lowest BCUT2D eigenvalue weighted by Crippen LogP contribution is -2.32. The number of rotatable bonds is 1. The van der Waals surface area contributed by atoms with Crippen LogP contribution in [0.3, 0.4) is 0 Å². The molecule has 0 saturated carbocycles. The predicted molar refractivity (Wildman–Crippen MR) is 71.8 cm³/mol. The molecule has 0 aromatic heterocycles. The standard InChI is InChI=1S/C15H21NO2/c1-11-4-3-8-16(9-7-11)15(18)13-5-6-14(17)12(2)10-13/h5-6,10-11,17H,3-4,7-9H2,1-2H3. The zero-order valence-electron chi connectivity index (χ0n) is 11.1. The summed E-state index contributed by atoms with van der Waals surface area (Å²) in [5.74, 6) is 1.05. The third kappa shape index (κ3) is 2.84. The molecule has 1 fully saturated rings. The van der Waals surface area contributed by atoms with Gasteiger partial charge in [0.05, 0.1) is 0 Å². The van der Waals surface area contributed by atoms with E-state index in [1.54, 1.807) is 18.2 Å². The maximum Gasteiger partial charge on any atom is 0.253 e. The SMILES string of the molecule is Cc1cc(C(=O)N2CCCC(C)CC2)ccc1O. The summed E-state index contributed by atoms with van der Waals surface area (Å²) in [6.45, 7) is 5.76. The molecule has 1 N–H and O–H groups in total. The molecule has 1 saturated heterocycles. The predicted octanol–water partition coefficient (Wildman–Crippen LogP) is 2.96. The molecule has 98 valence electrons. The maximum atomic E-state index is 12.4. The topological polar surface area (TPSA) is 40.5 Å². The highest BCUT2D eigenvalue weighted by molar-refractivity contribution is 5.94. The Bertz CT molecular complexity index is 442. The molecule has 1 aromatic rings. The summed E-state index contributed by atoms with van der Waals surface area (Å²) in [6, 6.07) is 5.08. The molecule has 1 aliphatic rings. The molecule has 1 aliphatic heterocycles. The molecule has 0 aliphatic carbocycles. The van der Waals surface area contributed by atoms with Crippen LogP contribution in [-0.4, -0.2) is 29.0 Å². The van der Waals surface area contributed by atoms with Crippen molar-refractivity contribution < 1.29 is 9.90 Å². The monoisotopic (exact) mass is 247 g/mol. The average molecular weight is 247 g/mol. The van der Waals surface area contributed by atoms with E-state index in [2.05, 4.69) is 6.92 Å². The molecule has 18 heavy (non-hydrogen) atoms. The molecule has 0 radical (unpaired) electrons. The zero-order chi connectivity index (χ0) is 13.1. The number of aromatic hydroxyl groups is 1. The summed E-state index contributed by atoms with van der Waals surface area (Å²) >= 11 is 0. The number of phenols is 1. The summed E-state index contributed by atoms with van der Waals surface area (Å²) in [7, 11) is 0. The molecule has 3 nitrogen and oxygen atoms in total. The van der Waals surface area contributed by atoms with Crippen LogP contribution in [0.5, 0.6) is 5.75 Å². The number of nitrogens with zero attached hydrogens (tertiary/aromatic N) is 1. The number of benzene rings is 1. The van der Waals surface area contributed by atoms with Crippen LogP contribution in [-0.2, 0) is 0 Å². The van der Waals surface area contributed by atoms with Crippen LogP contribution in [0.15, 0.2) is 18.2 Å². The first-order valence-corrected chi connectivity index (χ1v) is 6.67. The fraction of sp³-hybridized carbons (Fsp3) is 0.533. The molecule has 0 spiro atoms. The Morgan fingerprint density at radius 2 is 2.11 bits per heavy atom. The van der Waals surface area contributed by atoms with Gasteiger partial charge in [0.25, 0.3) is 5.91 Å². The van der Waals surface area contributed by atoms with E-state index >= 15 is 0 Å². The summed E-state index contributed by atoms with van der Waals surface area (Å²) < 4.78 is 0. The molecule has 3 heteroatoms. The van der Waals surface area contributed by atoms with Gasteiger partial charge in [0.15, 0.2) is 0 Å². The van der Waals surface area contributed by atoms with Crippen molar-refractivity contribution in [1.82, 2.24) is 4.90 Å². The van der Waals surface area contributed by atoms with Crippen LogP contribution >= 0.6 is 0 Å². The van der Waals surface area contributed by atoms with Crippen molar-refractivity contribution in [2.45, 2.75) is 33.1 Å². The van der Waals surface area contributed by atoms with E-state index in [1.807, 2.05) is 11.8 Å². The van der Waals surface area contributed by atoms with Crippen molar-refractivity contribution in [2.75, 3.05) is 13.1 Å². The van der Waals surface area contributed by atoms with Gasteiger partial charge in [0.1, 0.15) is 5.75 Å². The number of hydrogen-bond donors (Lipinski definition) is 1. The molecule has 0 bridgehead atoms. The highest BCUT2D eigenvalue weighted by atomic mass is 16.3. The number of amides is 1. The van der Waals surface area contributed by atoms with Gasteiger partial charge < -0.3 is 10.0 Å². The molecule has 1 unspecified atom stereocenters. The van der Waals surface area contributed by atoms with E-state index < -0.39 is 0 Å². The quantitative estimate of drug-likeness (QED) is 0.828. The maximum absolute atomic E-state index is 12.4. The normalized spacial score (nSPS) is 20.6. The number of hydrogen-bond acceptors (Lipinski definition) is 2. The summed E-state index contributed by atoms with van der Waals surface area (Å²) in [5.41, 5.74) is 1.43. The first-order valence-electron chi connectivity index (χ1n) is 6.67. The third-order valence-electron chi connectivity index (χ3n) is 3.75. The van der Waals surface area contributed by atoms with Crippen molar-refractivity contribution >= 4 is 5.91 Å².